The fourth-order valence-corrected chi connectivity index (χ4v) is 3.86. The van der Waals surface area contributed by atoms with Crippen LogP contribution in [0.5, 0.6) is 11.5 Å². The summed E-state index contributed by atoms with van der Waals surface area (Å²) < 4.78 is 12.7. The van der Waals surface area contributed by atoms with Crippen LogP contribution in [0.25, 0.3) is 0 Å². The Morgan fingerprint density at radius 2 is 2.03 bits per heavy atom. The van der Waals surface area contributed by atoms with E-state index < -0.39 is 0 Å². The summed E-state index contributed by atoms with van der Waals surface area (Å²) in [5, 5.41) is 8.40. The zero-order chi connectivity index (χ0) is 20.8. The minimum atomic E-state index is -0.0602. The maximum atomic E-state index is 12.5. The van der Waals surface area contributed by atoms with E-state index in [1.807, 2.05) is 36.7 Å². The lowest BCUT2D eigenvalue weighted by Crippen LogP contribution is -2.36. The van der Waals surface area contributed by atoms with Crippen molar-refractivity contribution in [2.24, 2.45) is 0 Å². The molecule has 1 aliphatic heterocycles. The van der Waals surface area contributed by atoms with Gasteiger partial charge in [0.1, 0.15) is 11.5 Å². The van der Waals surface area contributed by atoms with Gasteiger partial charge in [-0.15, -0.1) is 5.10 Å². The summed E-state index contributed by atoms with van der Waals surface area (Å²) in [5.74, 6) is 1.63. The maximum Gasteiger partial charge on any atom is 0.276 e. The summed E-state index contributed by atoms with van der Waals surface area (Å²) in [7, 11) is 3.36. The molecule has 1 fully saturated rings. The van der Waals surface area contributed by atoms with E-state index in [9.17, 15) is 4.79 Å². The average molecular weight is 402 g/mol. The molecule has 0 unspecified atom stereocenters. The zero-order valence-corrected chi connectivity index (χ0v) is 17.8. The molecule has 0 radical (unpaired) electrons. The molecule has 29 heavy (non-hydrogen) atoms. The summed E-state index contributed by atoms with van der Waals surface area (Å²) in [6.07, 6.45) is 3.88. The molecule has 1 aliphatic rings. The van der Waals surface area contributed by atoms with E-state index in [-0.39, 0.29) is 11.9 Å². The van der Waals surface area contributed by atoms with Gasteiger partial charge in [-0.1, -0.05) is 5.21 Å². The highest BCUT2D eigenvalue weighted by Gasteiger charge is 2.25. The van der Waals surface area contributed by atoms with Crippen LogP contribution >= 0.6 is 0 Å². The Labute approximate surface area is 172 Å². The van der Waals surface area contributed by atoms with Crippen molar-refractivity contribution in [2.45, 2.75) is 39.3 Å². The molecule has 158 valence electrons. The first kappa shape index (κ1) is 21.1. The molecule has 1 aromatic carbocycles. The normalized spacial score (nSPS) is 17.2. The number of amides is 1. The van der Waals surface area contributed by atoms with Crippen LogP contribution in [0.3, 0.4) is 0 Å². The van der Waals surface area contributed by atoms with Crippen LogP contribution in [0.2, 0.25) is 0 Å². The SMILES string of the molecule is CCN(CC)C(=O)c1cn([C@H]2CCCN(Cc3cc(OC)ccc3OC)C2)nn1. The van der Waals surface area contributed by atoms with Crippen LogP contribution in [-0.2, 0) is 6.54 Å². The Hall–Kier alpha value is -2.61. The van der Waals surface area contributed by atoms with Gasteiger partial charge in [0.25, 0.3) is 5.91 Å². The third kappa shape index (κ3) is 4.87. The van der Waals surface area contributed by atoms with Crippen molar-refractivity contribution < 1.29 is 14.3 Å². The van der Waals surface area contributed by atoms with Crippen molar-refractivity contribution in [3.05, 3.63) is 35.7 Å². The second-order valence-electron chi connectivity index (χ2n) is 7.27. The number of hydrogen-bond donors (Lipinski definition) is 0. The van der Waals surface area contributed by atoms with Gasteiger partial charge in [-0.3, -0.25) is 9.69 Å². The van der Waals surface area contributed by atoms with E-state index in [0.29, 0.717) is 18.8 Å². The van der Waals surface area contributed by atoms with Crippen LogP contribution in [0.4, 0.5) is 0 Å². The van der Waals surface area contributed by atoms with E-state index in [4.69, 9.17) is 9.47 Å². The molecule has 0 bridgehead atoms. The summed E-state index contributed by atoms with van der Waals surface area (Å²) in [6.45, 7) is 7.91. The molecule has 0 spiro atoms. The molecule has 8 nitrogen and oxygen atoms in total. The van der Waals surface area contributed by atoms with Gasteiger partial charge in [0, 0.05) is 31.7 Å². The predicted octanol–water partition coefficient (Wildman–Crippen LogP) is 2.61. The second kappa shape index (κ2) is 9.73. The number of rotatable bonds is 8. The first-order chi connectivity index (χ1) is 14.1. The van der Waals surface area contributed by atoms with E-state index in [1.165, 1.54) is 0 Å². The summed E-state index contributed by atoms with van der Waals surface area (Å²) in [5.41, 5.74) is 1.52. The van der Waals surface area contributed by atoms with Gasteiger partial charge in [0.05, 0.1) is 26.5 Å². The van der Waals surface area contributed by atoms with E-state index in [1.54, 1.807) is 25.3 Å². The first-order valence-electron chi connectivity index (χ1n) is 10.2. The second-order valence-corrected chi connectivity index (χ2v) is 7.27. The molecule has 0 aliphatic carbocycles. The number of aromatic nitrogens is 3. The molecular formula is C21H31N5O3. The minimum Gasteiger partial charge on any atom is -0.497 e. The molecule has 1 aromatic heterocycles. The number of methoxy groups -OCH3 is 2. The summed E-state index contributed by atoms with van der Waals surface area (Å²) >= 11 is 0. The van der Waals surface area contributed by atoms with Gasteiger partial charge >= 0.3 is 0 Å². The number of carbonyl (C=O) groups excluding carboxylic acids is 1. The van der Waals surface area contributed by atoms with Crippen molar-refractivity contribution in [1.82, 2.24) is 24.8 Å². The fraction of sp³-hybridized carbons (Fsp3) is 0.571. The Kier molecular flexibility index (Phi) is 7.09. The molecule has 0 saturated carbocycles. The molecular weight excluding hydrogens is 370 g/mol. The largest absolute Gasteiger partial charge is 0.497 e. The van der Waals surface area contributed by atoms with E-state index >= 15 is 0 Å². The molecule has 1 amide bonds. The topological polar surface area (TPSA) is 72.7 Å². The lowest BCUT2D eigenvalue weighted by atomic mass is 10.0. The Morgan fingerprint density at radius 3 is 2.72 bits per heavy atom. The molecule has 2 heterocycles. The Balaban J connectivity index is 1.69. The van der Waals surface area contributed by atoms with Crippen molar-refractivity contribution in [3.63, 3.8) is 0 Å². The molecule has 1 atom stereocenters. The first-order valence-corrected chi connectivity index (χ1v) is 10.2. The van der Waals surface area contributed by atoms with Crippen molar-refractivity contribution >= 4 is 5.91 Å². The van der Waals surface area contributed by atoms with Crippen LogP contribution in [0, 0.1) is 0 Å². The van der Waals surface area contributed by atoms with Gasteiger partial charge in [0.2, 0.25) is 0 Å². The van der Waals surface area contributed by atoms with Crippen LogP contribution in [-0.4, -0.2) is 71.1 Å². The molecule has 3 rings (SSSR count). The van der Waals surface area contributed by atoms with Gasteiger partial charge < -0.3 is 14.4 Å². The predicted molar refractivity (Wildman–Crippen MR) is 110 cm³/mol. The molecule has 1 saturated heterocycles. The summed E-state index contributed by atoms with van der Waals surface area (Å²) in [4.78, 5) is 16.7. The number of carbonyl (C=O) groups is 1. The highest BCUT2D eigenvalue weighted by Crippen LogP contribution is 2.28. The number of hydrogen-bond acceptors (Lipinski definition) is 6. The smallest absolute Gasteiger partial charge is 0.276 e. The van der Waals surface area contributed by atoms with Crippen LogP contribution in [0.1, 0.15) is 48.8 Å². The number of benzene rings is 1. The fourth-order valence-electron chi connectivity index (χ4n) is 3.86. The van der Waals surface area contributed by atoms with Crippen molar-refractivity contribution in [1.29, 1.82) is 0 Å². The molecule has 2 aromatic rings. The lowest BCUT2D eigenvalue weighted by Gasteiger charge is -2.32. The third-order valence-electron chi connectivity index (χ3n) is 5.52. The maximum absolute atomic E-state index is 12.5. The monoisotopic (exact) mass is 401 g/mol. The number of piperidine rings is 1. The van der Waals surface area contributed by atoms with Gasteiger partial charge in [0.15, 0.2) is 5.69 Å². The number of likely N-dealkylation sites (tertiary alicyclic amines) is 1. The van der Waals surface area contributed by atoms with Crippen LogP contribution in [0.15, 0.2) is 24.4 Å². The highest BCUT2D eigenvalue weighted by atomic mass is 16.5. The Morgan fingerprint density at radius 1 is 1.24 bits per heavy atom. The Bertz CT molecular complexity index is 818. The number of nitrogens with zero attached hydrogens (tertiary/aromatic N) is 5. The summed E-state index contributed by atoms with van der Waals surface area (Å²) in [6, 6.07) is 6.08. The molecule has 8 heteroatoms. The standard InChI is InChI=1S/C21H31N5O3/c1-5-25(6-2)21(27)19-15-26(23-22-19)17-8-7-11-24(14-17)13-16-12-18(28-3)9-10-20(16)29-4/h9-10,12,15,17H,5-8,11,13-14H2,1-4H3/t17-/m0/s1. The van der Waals surface area contributed by atoms with E-state index in [0.717, 1.165) is 49.5 Å². The van der Waals surface area contributed by atoms with Crippen molar-refractivity contribution in [2.75, 3.05) is 40.4 Å². The number of ether oxygens (including phenoxy) is 2. The highest BCUT2D eigenvalue weighted by molar-refractivity contribution is 5.91. The van der Waals surface area contributed by atoms with Crippen molar-refractivity contribution in [3.8, 4) is 11.5 Å². The minimum absolute atomic E-state index is 0.0602. The quantitative estimate of drug-likeness (QED) is 0.677. The van der Waals surface area contributed by atoms with E-state index in [2.05, 4.69) is 15.2 Å². The molecule has 0 N–H and O–H groups in total. The van der Waals surface area contributed by atoms with Gasteiger partial charge in [-0.05, 0) is 51.4 Å². The van der Waals surface area contributed by atoms with Gasteiger partial charge in [-0.2, -0.15) is 0 Å². The van der Waals surface area contributed by atoms with Gasteiger partial charge in [-0.25, -0.2) is 4.68 Å². The lowest BCUT2D eigenvalue weighted by molar-refractivity contribution is 0.0767. The third-order valence-corrected chi connectivity index (χ3v) is 5.52. The zero-order valence-electron chi connectivity index (χ0n) is 17.8. The van der Waals surface area contributed by atoms with Crippen LogP contribution < -0.4 is 9.47 Å². The average Bonchev–Trinajstić information content (AvgIpc) is 3.25.